The number of carbonyl (C=O) groups excluding carboxylic acids is 2. The number of carbonyl (C=O) groups is 2. The monoisotopic (exact) mass is 457 g/mol. The summed E-state index contributed by atoms with van der Waals surface area (Å²) >= 11 is 0. The summed E-state index contributed by atoms with van der Waals surface area (Å²) in [6.45, 7) is 3.43. The fourth-order valence-electron chi connectivity index (χ4n) is 3.39. The van der Waals surface area contributed by atoms with Crippen molar-refractivity contribution in [2.24, 2.45) is 0 Å². The molecule has 3 rings (SSSR count). The average Bonchev–Trinajstić information content (AvgIpc) is 3.06. The van der Waals surface area contributed by atoms with Crippen LogP contribution in [-0.2, 0) is 11.3 Å². The van der Waals surface area contributed by atoms with Crippen LogP contribution >= 0.6 is 0 Å². The molecule has 9 nitrogen and oxygen atoms in total. The Hall–Kier alpha value is -4.15. The topological polar surface area (TPSA) is 119 Å². The lowest BCUT2D eigenvalue weighted by Gasteiger charge is -2.18. The first-order chi connectivity index (χ1) is 15.6. The number of likely N-dealkylation sites (N-methyl/N-ethyl adjacent to an activating group) is 1. The van der Waals surface area contributed by atoms with Crippen LogP contribution in [0.5, 0.6) is 0 Å². The number of nitro groups is 1. The summed E-state index contributed by atoms with van der Waals surface area (Å²) in [6, 6.07) is 8.08. The predicted octanol–water partition coefficient (Wildman–Crippen LogP) is 2.95. The van der Waals surface area contributed by atoms with Gasteiger partial charge in [-0.05, 0) is 49.2 Å². The van der Waals surface area contributed by atoms with Crippen LogP contribution in [0.1, 0.15) is 38.9 Å². The van der Waals surface area contributed by atoms with Crippen LogP contribution in [0.2, 0.25) is 0 Å². The van der Waals surface area contributed by atoms with Gasteiger partial charge in [0, 0.05) is 12.6 Å². The van der Waals surface area contributed by atoms with E-state index in [9.17, 15) is 28.5 Å². The van der Waals surface area contributed by atoms with E-state index in [1.807, 2.05) is 0 Å². The van der Waals surface area contributed by atoms with Crippen molar-refractivity contribution >= 4 is 17.5 Å². The third-order valence-corrected chi connectivity index (χ3v) is 5.14. The molecule has 0 aliphatic heterocycles. The fourth-order valence-corrected chi connectivity index (χ4v) is 3.39. The van der Waals surface area contributed by atoms with Crippen molar-refractivity contribution in [1.29, 1.82) is 0 Å². The molecule has 0 spiro atoms. The molecule has 0 aliphatic rings. The molecule has 2 amide bonds. The Kier molecular flexibility index (Phi) is 6.80. The lowest BCUT2D eigenvalue weighted by atomic mass is 10.0. The first kappa shape index (κ1) is 23.5. The first-order valence-corrected chi connectivity index (χ1v) is 9.87. The fraction of sp³-hybridized carbons (Fsp3) is 0.227. The van der Waals surface area contributed by atoms with E-state index < -0.39 is 34.4 Å². The average molecular weight is 457 g/mol. The maximum absolute atomic E-state index is 13.6. The van der Waals surface area contributed by atoms with Crippen LogP contribution in [0, 0.1) is 35.6 Å². The van der Waals surface area contributed by atoms with Gasteiger partial charge in [0.2, 0.25) is 5.91 Å². The van der Waals surface area contributed by atoms with E-state index in [1.165, 1.54) is 29.9 Å². The molecule has 3 aromatic rings. The van der Waals surface area contributed by atoms with Gasteiger partial charge in [0.05, 0.1) is 11.5 Å². The summed E-state index contributed by atoms with van der Waals surface area (Å²) in [4.78, 5) is 35.6. The van der Waals surface area contributed by atoms with Crippen molar-refractivity contribution in [2.75, 3.05) is 7.05 Å². The van der Waals surface area contributed by atoms with Gasteiger partial charge >= 0.3 is 5.69 Å². The molecule has 0 bridgehead atoms. The zero-order chi connectivity index (χ0) is 24.3. The normalized spacial score (nSPS) is 11.7. The second kappa shape index (κ2) is 9.55. The summed E-state index contributed by atoms with van der Waals surface area (Å²) in [5, 5.41) is 20.3. The number of amides is 2. The maximum atomic E-state index is 13.6. The van der Waals surface area contributed by atoms with E-state index in [2.05, 4.69) is 15.7 Å². The quantitative estimate of drug-likeness (QED) is 0.418. The summed E-state index contributed by atoms with van der Waals surface area (Å²) in [6.07, 6.45) is 0. The van der Waals surface area contributed by atoms with Gasteiger partial charge in [-0.1, -0.05) is 18.2 Å². The number of hydrogen-bond acceptors (Lipinski definition) is 5. The molecular weight excluding hydrogens is 436 g/mol. The van der Waals surface area contributed by atoms with E-state index >= 15 is 0 Å². The third kappa shape index (κ3) is 5.03. The van der Waals surface area contributed by atoms with Crippen LogP contribution in [0.4, 0.5) is 14.5 Å². The summed E-state index contributed by atoms with van der Waals surface area (Å²) in [7, 11) is 1.36. The molecule has 1 aromatic heterocycles. The molecule has 1 unspecified atom stereocenters. The molecule has 2 aromatic carbocycles. The number of rotatable bonds is 7. The Labute approximate surface area is 187 Å². The molecule has 0 fully saturated rings. The molecule has 0 radical (unpaired) electrons. The van der Waals surface area contributed by atoms with Crippen molar-refractivity contribution < 1.29 is 23.3 Å². The second-order valence-electron chi connectivity index (χ2n) is 7.33. The Bertz CT molecular complexity index is 1220. The highest BCUT2D eigenvalue weighted by atomic mass is 19.2. The van der Waals surface area contributed by atoms with Crippen molar-refractivity contribution in [3.63, 3.8) is 0 Å². The maximum Gasteiger partial charge on any atom is 0.312 e. The molecule has 1 heterocycles. The summed E-state index contributed by atoms with van der Waals surface area (Å²) in [5.41, 5.74) is 1.75. The van der Waals surface area contributed by atoms with Crippen molar-refractivity contribution in [2.45, 2.75) is 26.4 Å². The number of aromatic nitrogens is 2. The van der Waals surface area contributed by atoms with Crippen LogP contribution in [0.15, 0.2) is 42.5 Å². The predicted molar refractivity (Wildman–Crippen MR) is 115 cm³/mol. The minimum absolute atomic E-state index is 0.0385. The Morgan fingerprint density at radius 3 is 2.33 bits per heavy atom. The van der Waals surface area contributed by atoms with Crippen LogP contribution in [0.3, 0.4) is 0 Å². The number of halogens is 2. The largest absolute Gasteiger partial charge is 0.357 e. The smallest absolute Gasteiger partial charge is 0.312 e. The van der Waals surface area contributed by atoms with E-state index in [0.717, 1.165) is 17.7 Å². The number of aryl methyl sites for hydroxylation is 1. The van der Waals surface area contributed by atoms with Gasteiger partial charge in [0.25, 0.3) is 5.91 Å². The summed E-state index contributed by atoms with van der Waals surface area (Å²) in [5.74, 6) is -3.40. The number of nitrogens with one attached hydrogen (secondary N) is 2. The number of benzene rings is 2. The van der Waals surface area contributed by atoms with Crippen molar-refractivity contribution in [1.82, 2.24) is 20.4 Å². The molecule has 0 saturated carbocycles. The second-order valence-corrected chi connectivity index (χ2v) is 7.33. The van der Waals surface area contributed by atoms with E-state index in [1.54, 1.807) is 26.0 Å². The molecule has 0 saturated heterocycles. The minimum Gasteiger partial charge on any atom is -0.357 e. The Balaban J connectivity index is 1.77. The highest BCUT2D eigenvalue weighted by Gasteiger charge is 2.24. The van der Waals surface area contributed by atoms with Gasteiger partial charge in [0.15, 0.2) is 11.6 Å². The van der Waals surface area contributed by atoms with Gasteiger partial charge in [-0.25, -0.2) is 8.78 Å². The lowest BCUT2D eigenvalue weighted by molar-refractivity contribution is -0.386. The zero-order valence-corrected chi connectivity index (χ0v) is 18.1. The SMILES string of the molecule is CNC(=O)C(NC(=O)c1ccc(Cn2nc(C)c([N+](=O)[O-])c2C)cc1)c1ccc(F)c(F)c1. The van der Waals surface area contributed by atoms with Crippen LogP contribution < -0.4 is 10.6 Å². The van der Waals surface area contributed by atoms with Gasteiger partial charge in [-0.15, -0.1) is 0 Å². The van der Waals surface area contributed by atoms with Gasteiger partial charge in [0.1, 0.15) is 17.4 Å². The highest BCUT2D eigenvalue weighted by Crippen LogP contribution is 2.23. The molecule has 11 heteroatoms. The standard InChI is InChI=1S/C22H21F2N5O4/c1-12-20(29(32)33)13(2)28(27-12)11-14-4-6-15(7-5-14)21(30)26-19(22(31)25-3)16-8-9-17(23)18(24)10-16/h4-10,19H,11H2,1-3H3,(H,25,31)(H,26,30). The van der Waals surface area contributed by atoms with Crippen LogP contribution in [-0.4, -0.2) is 33.6 Å². The zero-order valence-electron chi connectivity index (χ0n) is 18.1. The number of hydrogen-bond donors (Lipinski definition) is 2. The van der Waals surface area contributed by atoms with Crippen molar-refractivity contribution in [3.05, 3.63) is 92.3 Å². The molecule has 2 N–H and O–H groups in total. The Morgan fingerprint density at radius 2 is 1.79 bits per heavy atom. The number of nitrogens with zero attached hydrogens (tertiary/aromatic N) is 3. The van der Waals surface area contributed by atoms with E-state index in [4.69, 9.17) is 0 Å². The Morgan fingerprint density at radius 1 is 1.12 bits per heavy atom. The lowest BCUT2D eigenvalue weighted by Crippen LogP contribution is -2.39. The van der Waals surface area contributed by atoms with Gasteiger partial charge in [-0.2, -0.15) is 5.10 Å². The van der Waals surface area contributed by atoms with Gasteiger partial charge < -0.3 is 10.6 Å². The van der Waals surface area contributed by atoms with Crippen molar-refractivity contribution in [3.8, 4) is 0 Å². The highest BCUT2D eigenvalue weighted by molar-refractivity contribution is 5.97. The molecule has 0 aliphatic carbocycles. The van der Waals surface area contributed by atoms with E-state index in [-0.39, 0.29) is 23.4 Å². The molecule has 172 valence electrons. The minimum atomic E-state index is -1.23. The van der Waals surface area contributed by atoms with E-state index in [0.29, 0.717) is 11.4 Å². The molecular formula is C22H21F2N5O4. The third-order valence-electron chi connectivity index (χ3n) is 5.14. The summed E-state index contributed by atoms with van der Waals surface area (Å²) < 4.78 is 28.4. The van der Waals surface area contributed by atoms with Gasteiger partial charge in [-0.3, -0.25) is 24.4 Å². The molecule has 1 atom stereocenters. The first-order valence-electron chi connectivity index (χ1n) is 9.87. The van der Waals surface area contributed by atoms with Crippen LogP contribution in [0.25, 0.3) is 0 Å². The molecule has 33 heavy (non-hydrogen) atoms.